The molecule has 1 aliphatic rings. The molecule has 0 aliphatic carbocycles. The Kier molecular flexibility index (Phi) is 5.47. The molecule has 128 valence electrons. The normalized spacial score (nSPS) is 13.8. The molecule has 2 aromatic carbocycles. The summed E-state index contributed by atoms with van der Waals surface area (Å²) in [5, 5.41) is 0. The molecule has 0 unspecified atom stereocenters. The second-order valence-corrected chi connectivity index (χ2v) is 6.36. The molecule has 0 fully saturated rings. The maximum absolute atomic E-state index is 4.74. The summed E-state index contributed by atoms with van der Waals surface area (Å²) in [5.41, 5.74) is 6.16. The van der Waals surface area contributed by atoms with Crippen molar-refractivity contribution in [1.82, 2.24) is 14.9 Å². The highest BCUT2D eigenvalue weighted by molar-refractivity contribution is 5.85. The maximum Gasteiger partial charge on any atom is 0.126 e. The first-order valence-corrected chi connectivity index (χ1v) is 8.48. The SMILES string of the molecule is Cc1nc2c(c(-c3ccccc3)n1)CCN(Cc1ccccc1)C2.Cl. The fourth-order valence-electron chi connectivity index (χ4n) is 3.42. The summed E-state index contributed by atoms with van der Waals surface area (Å²) in [7, 11) is 0. The lowest BCUT2D eigenvalue weighted by molar-refractivity contribution is 0.241. The smallest absolute Gasteiger partial charge is 0.126 e. The summed E-state index contributed by atoms with van der Waals surface area (Å²) >= 11 is 0. The van der Waals surface area contributed by atoms with Gasteiger partial charge in [0.25, 0.3) is 0 Å². The van der Waals surface area contributed by atoms with Gasteiger partial charge < -0.3 is 0 Å². The minimum atomic E-state index is 0. The number of fused-ring (bicyclic) bond motifs is 1. The van der Waals surface area contributed by atoms with E-state index in [4.69, 9.17) is 9.97 Å². The van der Waals surface area contributed by atoms with Crippen molar-refractivity contribution in [1.29, 1.82) is 0 Å². The van der Waals surface area contributed by atoms with Crippen LogP contribution in [0.3, 0.4) is 0 Å². The van der Waals surface area contributed by atoms with Gasteiger partial charge in [0, 0.05) is 30.8 Å². The molecule has 0 amide bonds. The quantitative estimate of drug-likeness (QED) is 0.699. The van der Waals surface area contributed by atoms with E-state index in [1.807, 2.05) is 13.0 Å². The first-order chi connectivity index (χ1) is 11.8. The average Bonchev–Trinajstić information content (AvgIpc) is 2.62. The van der Waals surface area contributed by atoms with Crippen molar-refractivity contribution >= 4 is 12.4 Å². The molecule has 3 nitrogen and oxygen atoms in total. The zero-order chi connectivity index (χ0) is 16.4. The molecule has 25 heavy (non-hydrogen) atoms. The monoisotopic (exact) mass is 351 g/mol. The van der Waals surface area contributed by atoms with Gasteiger partial charge in [-0.2, -0.15) is 0 Å². The van der Waals surface area contributed by atoms with E-state index in [-0.39, 0.29) is 12.4 Å². The number of halogens is 1. The van der Waals surface area contributed by atoms with Crippen LogP contribution >= 0.6 is 12.4 Å². The second kappa shape index (κ2) is 7.77. The number of benzene rings is 2. The van der Waals surface area contributed by atoms with E-state index < -0.39 is 0 Å². The molecule has 1 aliphatic heterocycles. The number of rotatable bonds is 3. The van der Waals surface area contributed by atoms with Crippen molar-refractivity contribution in [2.24, 2.45) is 0 Å². The molecule has 0 saturated heterocycles. The molecule has 2 heterocycles. The molecule has 3 aromatic rings. The van der Waals surface area contributed by atoms with Gasteiger partial charge in [0.15, 0.2) is 0 Å². The maximum atomic E-state index is 4.74. The predicted octanol–water partition coefficient (Wildman–Crippen LogP) is 4.43. The van der Waals surface area contributed by atoms with Crippen molar-refractivity contribution in [2.75, 3.05) is 6.54 Å². The van der Waals surface area contributed by atoms with Crippen LogP contribution in [0.15, 0.2) is 60.7 Å². The number of aromatic nitrogens is 2. The number of nitrogens with zero attached hydrogens (tertiary/aromatic N) is 3. The van der Waals surface area contributed by atoms with Crippen molar-refractivity contribution < 1.29 is 0 Å². The molecule has 0 saturated carbocycles. The standard InChI is InChI=1S/C21H21N3.ClH/c1-16-22-20-15-24(14-17-8-4-2-5-9-17)13-12-19(20)21(23-16)18-10-6-3-7-11-18;/h2-11H,12-15H2,1H3;1H. The van der Waals surface area contributed by atoms with E-state index in [2.05, 4.69) is 59.5 Å². The van der Waals surface area contributed by atoms with Crippen LogP contribution in [-0.2, 0) is 19.5 Å². The van der Waals surface area contributed by atoms with E-state index in [9.17, 15) is 0 Å². The third-order valence-electron chi connectivity index (χ3n) is 4.55. The van der Waals surface area contributed by atoms with Crippen molar-refractivity contribution in [3.8, 4) is 11.3 Å². The molecule has 1 aromatic heterocycles. The zero-order valence-corrected chi connectivity index (χ0v) is 15.2. The van der Waals surface area contributed by atoms with Crippen LogP contribution in [0.4, 0.5) is 0 Å². The second-order valence-electron chi connectivity index (χ2n) is 6.36. The van der Waals surface area contributed by atoms with Gasteiger partial charge in [-0.3, -0.25) is 4.90 Å². The van der Waals surface area contributed by atoms with Crippen LogP contribution in [0.1, 0.15) is 22.6 Å². The molecule has 4 rings (SSSR count). The van der Waals surface area contributed by atoms with Gasteiger partial charge in [0.1, 0.15) is 5.82 Å². The van der Waals surface area contributed by atoms with E-state index >= 15 is 0 Å². The Morgan fingerprint density at radius 1 is 0.920 bits per heavy atom. The number of hydrogen-bond acceptors (Lipinski definition) is 3. The Balaban J connectivity index is 0.00000182. The molecular formula is C21H22ClN3. The van der Waals surface area contributed by atoms with Crippen LogP contribution in [0.5, 0.6) is 0 Å². The van der Waals surface area contributed by atoms with Gasteiger partial charge in [-0.25, -0.2) is 9.97 Å². The Hall–Kier alpha value is -2.23. The van der Waals surface area contributed by atoms with Crippen molar-refractivity contribution in [3.63, 3.8) is 0 Å². The lowest BCUT2D eigenvalue weighted by Gasteiger charge is -2.29. The topological polar surface area (TPSA) is 29.0 Å². The van der Waals surface area contributed by atoms with Gasteiger partial charge in [0.05, 0.1) is 11.4 Å². The van der Waals surface area contributed by atoms with Gasteiger partial charge >= 0.3 is 0 Å². The predicted molar refractivity (Wildman–Crippen MR) is 104 cm³/mol. The average molecular weight is 352 g/mol. The third kappa shape index (κ3) is 3.89. The molecule has 0 atom stereocenters. The Labute approximate surface area is 155 Å². The third-order valence-corrected chi connectivity index (χ3v) is 4.55. The zero-order valence-electron chi connectivity index (χ0n) is 14.4. The molecular weight excluding hydrogens is 330 g/mol. The van der Waals surface area contributed by atoms with Crippen LogP contribution in [-0.4, -0.2) is 21.4 Å². The van der Waals surface area contributed by atoms with Crippen LogP contribution in [0, 0.1) is 6.92 Å². The summed E-state index contributed by atoms with van der Waals surface area (Å²) < 4.78 is 0. The molecule has 0 N–H and O–H groups in total. The van der Waals surface area contributed by atoms with Crippen LogP contribution < -0.4 is 0 Å². The van der Waals surface area contributed by atoms with Crippen LogP contribution in [0.25, 0.3) is 11.3 Å². The highest BCUT2D eigenvalue weighted by Crippen LogP contribution is 2.28. The molecule has 0 bridgehead atoms. The van der Waals surface area contributed by atoms with Crippen molar-refractivity contribution in [3.05, 3.63) is 83.3 Å². The lowest BCUT2D eigenvalue weighted by atomic mass is 9.98. The molecule has 0 spiro atoms. The summed E-state index contributed by atoms with van der Waals surface area (Å²) in [6.07, 6.45) is 1.01. The number of aryl methyl sites for hydroxylation is 1. The summed E-state index contributed by atoms with van der Waals surface area (Å²) in [5.74, 6) is 0.856. The Bertz CT molecular complexity index is 835. The van der Waals surface area contributed by atoms with E-state index in [1.54, 1.807) is 0 Å². The lowest BCUT2D eigenvalue weighted by Crippen LogP contribution is -2.31. The summed E-state index contributed by atoms with van der Waals surface area (Å²) in [6.45, 7) is 4.91. The summed E-state index contributed by atoms with van der Waals surface area (Å²) in [6, 6.07) is 21.1. The highest BCUT2D eigenvalue weighted by Gasteiger charge is 2.22. The largest absolute Gasteiger partial charge is 0.293 e. The first-order valence-electron chi connectivity index (χ1n) is 8.48. The summed E-state index contributed by atoms with van der Waals surface area (Å²) in [4.78, 5) is 11.9. The minimum Gasteiger partial charge on any atom is -0.293 e. The Morgan fingerprint density at radius 3 is 2.32 bits per heavy atom. The fraction of sp³-hybridized carbons (Fsp3) is 0.238. The van der Waals surface area contributed by atoms with Crippen LogP contribution in [0.2, 0.25) is 0 Å². The fourth-order valence-corrected chi connectivity index (χ4v) is 3.42. The minimum absolute atomic E-state index is 0. The number of hydrogen-bond donors (Lipinski definition) is 0. The first kappa shape index (κ1) is 17.6. The van der Waals surface area contributed by atoms with Gasteiger partial charge in [-0.15, -0.1) is 12.4 Å². The van der Waals surface area contributed by atoms with E-state index in [0.29, 0.717) is 0 Å². The highest BCUT2D eigenvalue weighted by atomic mass is 35.5. The van der Waals surface area contributed by atoms with Gasteiger partial charge in [-0.05, 0) is 18.9 Å². The van der Waals surface area contributed by atoms with Crippen molar-refractivity contribution in [2.45, 2.75) is 26.4 Å². The molecule has 4 heteroatoms. The Morgan fingerprint density at radius 2 is 1.60 bits per heavy atom. The van der Waals surface area contributed by atoms with E-state index in [0.717, 1.165) is 37.6 Å². The van der Waals surface area contributed by atoms with Gasteiger partial charge in [-0.1, -0.05) is 60.7 Å². The van der Waals surface area contributed by atoms with E-state index in [1.165, 1.54) is 22.4 Å². The van der Waals surface area contributed by atoms with Gasteiger partial charge in [0.2, 0.25) is 0 Å². The molecule has 0 radical (unpaired) electrons.